The number of rotatable bonds is 5. The van der Waals surface area contributed by atoms with Gasteiger partial charge in [-0.1, -0.05) is 34.5 Å². The maximum Gasteiger partial charge on any atom is 0.191 e. The van der Waals surface area contributed by atoms with Gasteiger partial charge in [-0.3, -0.25) is 4.99 Å². The van der Waals surface area contributed by atoms with Crippen LogP contribution in [0.1, 0.15) is 37.7 Å². The van der Waals surface area contributed by atoms with Crippen molar-refractivity contribution in [3.8, 4) is 0 Å². The number of nitrogens with one attached hydrogen (secondary N) is 2. The van der Waals surface area contributed by atoms with Crippen LogP contribution >= 0.6 is 15.9 Å². The lowest BCUT2D eigenvalue weighted by Crippen LogP contribution is -2.49. The zero-order valence-electron chi connectivity index (χ0n) is 14.5. The highest BCUT2D eigenvalue weighted by molar-refractivity contribution is 9.10. The highest BCUT2D eigenvalue weighted by Gasteiger charge is 2.34. The van der Waals surface area contributed by atoms with Crippen molar-refractivity contribution in [1.29, 1.82) is 0 Å². The molecule has 4 nitrogen and oxygen atoms in total. The SMILES string of the molecule is CN=C(NCC1CCC1)NCC1(c2ccc(Br)cc2)CCOCC1. The average molecular weight is 394 g/mol. The van der Waals surface area contributed by atoms with Crippen LogP contribution in [0.25, 0.3) is 0 Å². The molecule has 1 aliphatic carbocycles. The molecule has 1 aromatic carbocycles. The number of hydrogen-bond acceptors (Lipinski definition) is 2. The second kappa shape index (κ2) is 8.34. The topological polar surface area (TPSA) is 45.7 Å². The van der Waals surface area contributed by atoms with E-state index in [1.807, 2.05) is 7.05 Å². The van der Waals surface area contributed by atoms with Gasteiger partial charge in [0, 0.05) is 43.2 Å². The molecular weight excluding hydrogens is 366 g/mol. The number of hydrogen-bond donors (Lipinski definition) is 2. The summed E-state index contributed by atoms with van der Waals surface area (Å²) in [5.41, 5.74) is 1.50. The molecule has 1 aromatic rings. The number of benzene rings is 1. The Morgan fingerprint density at radius 1 is 1.21 bits per heavy atom. The standard InChI is InChI=1S/C19H28BrN3O/c1-21-18(22-13-15-3-2-4-15)23-14-19(9-11-24-12-10-19)16-5-7-17(20)8-6-16/h5-8,15H,2-4,9-14H2,1H3,(H2,21,22,23). The Morgan fingerprint density at radius 2 is 1.92 bits per heavy atom. The van der Waals surface area contributed by atoms with Crippen LogP contribution in [-0.2, 0) is 10.2 Å². The lowest BCUT2D eigenvalue weighted by atomic mass is 9.74. The van der Waals surface area contributed by atoms with E-state index in [1.54, 1.807) is 0 Å². The average Bonchev–Trinajstić information content (AvgIpc) is 2.58. The number of nitrogens with zero attached hydrogens (tertiary/aromatic N) is 1. The van der Waals surface area contributed by atoms with E-state index < -0.39 is 0 Å². The molecule has 0 unspecified atom stereocenters. The van der Waals surface area contributed by atoms with Crippen molar-refractivity contribution >= 4 is 21.9 Å². The summed E-state index contributed by atoms with van der Waals surface area (Å²) in [6, 6.07) is 8.75. The van der Waals surface area contributed by atoms with Gasteiger partial charge in [-0.2, -0.15) is 0 Å². The minimum Gasteiger partial charge on any atom is -0.381 e. The number of aliphatic imine (C=N–C) groups is 1. The summed E-state index contributed by atoms with van der Waals surface area (Å²) < 4.78 is 6.75. The summed E-state index contributed by atoms with van der Waals surface area (Å²) >= 11 is 3.54. The predicted molar refractivity (Wildman–Crippen MR) is 103 cm³/mol. The van der Waals surface area contributed by atoms with E-state index in [-0.39, 0.29) is 5.41 Å². The van der Waals surface area contributed by atoms with Gasteiger partial charge in [0.25, 0.3) is 0 Å². The molecule has 0 bridgehead atoms. The molecule has 0 spiro atoms. The van der Waals surface area contributed by atoms with Crippen molar-refractivity contribution in [2.75, 3.05) is 33.4 Å². The minimum absolute atomic E-state index is 0.118. The van der Waals surface area contributed by atoms with Crippen molar-refractivity contribution < 1.29 is 4.74 Å². The Labute approximate surface area is 153 Å². The lowest BCUT2D eigenvalue weighted by Gasteiger charge is -2.38. The van der Waals surface area contributed by atoms with E-state index in [4.69, 9.17) is 4.74 Å². The first-order valence-electron chi connectivity index (χ1n) is 9.00. The van der Waals surface area contributed by atoms with Gasteiger partial charge in [-0.05, 0) is 49.3 Å². The molecule has 0 amide bonds. The van der Waals surface area contributed by atoms with Crippen LogP contribution in [0.5, 0.6) is 0 Å². The Balaban J connectivity index is 1.64. The first-order chi connectivity index (χ1) is 11.7. The van der Waals surface area contributed by atoms with Crippen LogP contribution in [-0.4, -0.2) is 39.3 Å². The highest BCUT2D eigenvalue weighted by atomic mass is 79.9. The van der Waals surface area contributed by atoms with E-state index in [9.17, 15) is 0 Å². The Bertz CT molecular complexity index is 548. The molecule has 3 rings (SSSR count). The molecule has 1 saturated carbocycles. The summed E-state index contributed by atoms with van der Waals surface area (Å²) in [6.45, 7) is 3.58. The Kier molecular flexibility index (Phi) is 6.17. The van der Waals surface area contributed by atoms with E-state index in [0.29, 0.717) is 0 Å². The summed E-state index contributed by atoms with van der Waals surface area (Å²) in [7, 11) is 1.85. The fourth-order valence-electron chi connectivity index (χ4n) is 3.54. The van der Waals surface area contributed by atoms with Crippen LogP contribution in [0.3, 0.4) is 0 Å². The second-order valence-corrected chi connectivity index (χ2v) is 7.92. The third-order valence-electron chi connectivity index (χ3n) is 5.51. The van der Waals surface area contributed by atoms with Crippen LogP contribution in [0.4, 0.5) is 0 Å². The monoisotopic (exact) mass is 393 g/mol. The lowest BCUT2D eigenvalue weighted by molar-refractivity contribution is 0.0513. The van der Waals surface area contributed by atoms with E-state index in [2.05, 4.69) is 55.8 Å². The number of halogens is 1. The molecule has 1 saturated heterocycles. The van der Waals surface area contributed by atoms with E-state index in [1.165, 1.54) is 24.8 Å². The van der Waals surface area contributed by atoms with Gasteiger partial charge in [0.2, 0.25) is 0 Å². The molecule has 2 N–H and O–H groups in total. The van der Waals surface area contributed by atoms with Crippen LogP contribution in [0.15, 0.2) is 33.7 Å². The summed E-state index contributed by atoms with van der Waals surface area (Å²) in [6.07, 6.45) is 6.17. The van der Waals surface area contributed by atoms with Crippen molar-refractivity contribution in [2.45, 2.75) is 37.5 Å². The maximum absolute atomic E-state index is 5.62. The molecule has 132 valence electrons. The normalized spacial score (nSPS) is 21.2. The zero-order valence-corrected chi connectivity index (χ0v) is 16.1. The van der Waals surface area contributed by atoms with Crippen LogP contribution in [0, 0.1) is 5.92 Å². The molecule has 1 heterocycles. The molecular formula is C19H28BrN3O. The maximum atomic E-state index is 5.62. The van der Waals surface area contributed by atoms with Gasteiger partial charge >= 0.3 is 0 Å². The third-order valence-corrected chi connectivity index (χ3v) is 6.04. The highest BCUT2D eigenvalue weighted by Crippen LogP contribution is 2.35. The predicted octanol–water partition coefficient (Wildman–Crippen LogP) is 3.46. The Morgan fingerprint density at radius 3 is 2.50 bits per heavy atom. The van der Waals surface area contributed by atoms with Gasteiger partial charge in [-0.25, -0.2) is 0 Å². The summed E-state index contributed by atoms with van der Waals surface area (Å²) in [4.78, 5) is 4.40. The van der Waals surface area contributed by atoms with Gasteiger partial charge in [0.05, 0.1) is 0 Å². The molecule has 0 radical (unpaired) electrons. The van der Waals surface area contributed by atoms with Gasteiger partial charge < -0.3 is 15.4 Å². The quantitative estimate of drug-likeness (QED) is 0.594. The molecule has 1 aliphatic heterocycles. The fourth-order valence-corrected chi connectivity index (χ4v) is 3.81. The number of ether oxygens (including phenoxy) is 1. The van der Waals surface area contributed by atoms with Crippen molar-refractivity contribution in [3.63, 3.8) is 0 Å². The molecule has 0 atom stereocenters. The summed E-state index contributed by atoms with van der Waals surface area (Å²) in [5.74, 6) is 1.75. The van der Waals surface area contributed by atoms with E-state index in [0.717, 1.165) is 55.5 Å². The van der Waals surface area contributed by atoms with Crippen LogP contribution in [0.2, 0.25) is 0 Å². The second-order valence-electron chi connectivity index (χ2n) is 7.00. The minimum atomic E-state index is 0.118. The first-order valence-corrected chi connectivity index (χ1v) is 9.79. The molecule has 5 heteroatoms. The smallest absolute Gasteiger partial charge is 0.191 e. The van der Waals surface area contributed by atoms with Crippen molar-refractivity contribution in [2.24, 2.45) is 10.9 Å². The Hall–Kier alpha value is -1.07. The third kappa shape index (κ3) is 4.31. The van der Waals surface area contributed by atoms with Crippen LogP contribution < -0.4 is 10.6 Å². The largest absolute Gasteiger partial charge is 0.381 e. The molecule has 2 aliphatic rings. The summed E-state index contributed by atoms with van der Waals surface area (Å²) in [5, 5.41) is 7.06. The zero-order chi connectivity index (χ0) is 16.8. The van der Waals surface area contributed by atoms with Crippen molar-refractivity contribution in [3.05, 3.63) is 34.3 Å². The molecule has 2 fully saturated rings. The van der Waals surface area contributed by atoms with Gasteiger partial charge in [0.1, 0.15) is 0 Å². The molecule has 24 heavy (non-hydrogen) atoms. The van der Waals surface area contributed by atoms with Gasteiger partial charge in [0.15, 0.2) is 5.96 Å². The van der Waals surface area contributed by atoms with Gasteiger partial charge in [-0.15, -0.1) is 0 Å². The fraction of sp³-hybridized carbons (Fsp3) is 0.632. The van der Waals surface area contributed by atoms with E-state index >= 15 is 0 Å². The number of guanidine groups is 1. The first kappa shape index (κ1) is 17.7. The molecule has 0 aromatic heterocycles. The van der Waals surface area contributed by atoms with Crippen molar-refractivity contribution in [1.82, 2.24) is 10.6 Å².